The van der Waals surface area contributed by atoms with Gasteiger partial charge < -0.3 is 16.0 Å². The largest absolute Gasteiger partial charge is 0.370 e. The highest BCUT2D eigenvalue weighted by Gasteiger charge is 2.32. The number of carbonyl (C=O) groups is 2. The second kappa shape index (κ2) is 6.72. The first kappa shape index (κ1) is 15.5. The van der Waals surface area contributed by atoms with Gasteiger partial charge in [0.1, 0.15) is 0 Å². The zero-order valence-electron chi connectivity index (χ0n) is 12.6. The summed E-state index contributed by atoms with van der Waals surface area (Å²) >= 11 is 0. The van der Waals surface area contributed by atoms with Crippen molar-refractivity contribution in [3.05, 3.63) is 29.8 Å². The molecule has 1 saturated heterocycles. The van der Waals surface area contributed by atoms with Crippen LogP contribution in [0, 0.1) is 18.8 Å². The smallest absolute Gasteiger partial charge is 0.230 e. The molecule has 21 heavy (non-hydrogen) atoms. The van der Waals surface area contributed by atoms with Crippen molar-refractivity contribution in [1.82, 2.24) is 5.32 Å². The van der Waals surface area contributed by atoms with Crippen LogP contribution in [0.2, 0.25) is 0 Å². The summed E-state index contributed by atoms with van der Waals surface area (Å²) in [5.41, 5.74) is 7.15. The van der Waals surface area contributed by atoms with Crippen LogP contribution in [0.1, 0.15) is 18.9 Å². The van der Waals surface area contributed by atoms with Crippen LogP contribution >= 0.6 is 0 Å². The minimum atomic E-state index is -0.390. The predicted octanol–water partition coefficient (Wildman–Crippen LogP) is 1.06. The molecule has 2 amide bonds. The van der Waals surface area contributed by atoms with Gasteiger partial charge in [0, 0.05) is 24.6 Å². The first-order chi connectivity index (χ1) is 9.99. The third-order valence-electron chi connectivity index (χ3n) is 4.07. The number of hydrogen-bond acceptors (Lipinski definition) is 3. The van der Waals surface area contributed by atoms with Crippen LogP contribution in [-0.4, -0.2) is 31.4 Å². The SMILES string of the molecule is Cc1cccc(N(CCC(N)=O)C(=O)C(C)C2CNC2)c1. The minimum absolute atomic E-state index is 0.0559. The Balaban J connectivity index is 2.18. The van der Waals surface area contributed by atoms with E-state index in [0.29, 0.717) is 12.5 Å². The van der Waals surface area contributed by atoms with Crippen LogP contribution < -0.4 is 16.0 Å². The van der Waals surface area contributed by atoms with E-state index in [9.17, 15) is 9.59 Å². The van der Waals surface area contributed by atoms with Gasteiger partial charge in [0.15, 0.2) is 0 Å². The normalized spacial score (nSPS) is 16.1. The zero-order chi connectivity index (χ0) is 15.4. The van der Waals surface area contributed by atoms with Crippen LogP contribution in [-0.2, 0) is 9.59 Å². The molecule has 2 rings (SSSR count). The predicted molar refractivity (Wildman–Crippen MR) is 82.9 cm³/mol. The van der Waals surface area contributed by atoms with Crippen LogP contribution in [0.25, 0.3) is 0 Å². The van der Waals surface area contributed by atoms with Crippen molar-refractivity contribution >= 4 is 17.5 Å². The number of primary amides is 1. The first-order valence-corrected chi connectivity index (χ1v) is 7.36. The topological polar surface area (TPSA) is 75.4 Å². The van der Waals surface area contributed by atoms with Crippen molar-refractivity contribution in [3.8, 4) is 0 Å². The Bertz CT molecular complexity index is 526. The molecule has 5 heteroatoms. The monoisotopic (exact) mass is 289 g/mol. The Morgan fingerprint density at radius 2 is 2.14 bits per heavy atom. The Kier molecular flexibility index (Phi) is 4.96. The fourth-order valence-electron chi connectivity index (χ4n) is 2.50. The first-order valence-electron chi connectivity index (χ1n) is 7.36. The van der Waals surface area contributed by atoms with E-state index >= 15 is 0 Å². The number of anilines is 1. The summed E-state index contributed by atoms with van der Waals surface area (Å²) < 4.78 is 0. The molecule has 0 saturated carbocycles. The lowest BCUT2D eigenvalue weighted by Gasteiger charge is -2.35. The summed E-state index contributed by atoms with van der Waals surface area (Å²) in [6.45, 7) is 6.04. The number of nitrogens with one attached hydrogen (secondary N) is 1. The number of nitrogens with two attached hydrogens (primary N) is 1. The molecule has 0 radical (unpaired) electrons. The summed E-state index contributed by atoms with van der Waals surface area (Å²) in [4.78, 5) is 25.5. The van der Waals surface area contributed by atoms with Crippen LogP contribution in [0.3, 0.4) is 0 Å². The minimum Gasteiger partial charge on any atom is -0.370 e. The van der Waals surface area contributed by atoms with Crippen molar-refractivity contribution in [1.29, 1.82) is 0 Å². The lowest BCUT2D eigenvalue weighted by Crippen LogP contribution is -2.51. The van der Waals surface area contributed by atoms with Gasteiger partial charge in [0.05, 0.1) is 0 Å². The quantitative estimate of drug-likeness (QED) is 0.822. The Morgan fingerprint density at radius 3 is 2.67 bits per heavy atom. The van der Waals surface area contributed by atoms with Gasteiger partial charge >= 0.3 is 0 Å². The van der Waals surface area contributed by atoms with Gasteiger partial charge in [-0.05, 0) is 43.6 Å². The van der Waals surface area contributed by atoms with E-state index in [-0.39, 0.29) is 18.2 Å². The third kappa shape index (κ3) is 3.82. The molecule has 5 nitrogen and oxygen atoms in total. The summed E-state index contributed by atoms with van der Waals surface area (Å²) in [5.74, 6) is -0.00945. The van der Waals surface area contributed by atoms with E-state index in [0.717, 1.165) is 24.3 Å². The van der Waals surface area contributed by atoms with Crippen molar-refractivity contribution in [2.24, 2.45) is 17.6 Å². The van der Waals surface area contributed by atoms with Gasteiger partial charge in [-0.25, -0.2) is 0 Å². The molecule has 0 aromatic heterocycles. The van der Waals surface area contributed by atoms with Crippen LogP contribution in [0.5, 0.6) is 0 Å². The summed E-state index contributed by atoms with van der Waals surface area (Å²) in [6, 6.07) is 7.77. The van der Waals surface area contributed by atoms with Gasteiger partial charge in [-0.15, -0.1) is 0 Å². The third-order valence-corrected chi connectivity index (χ3v) is 4.07. The maximum Gasteiger partial charge on any atom is 0.230 e. The van der Waals surface area contributed by atoms with Gasteiger partial charge in [-0.3, -0.25) is 9.59 Å². The van der Waals surface area contributed by atoms with E-state index in [2.05, 4.69) is 5.32 Å². The molecule has 0 spiro atoms. The molecule has 1 aliphatic rings. The Labute approximate surface area is 125 Å². The van der Waals surface area contributed by atoms with E-state index in [1.165, 1.54) is 0 Å². The number of nitrogens with zero attached hydrogens (tertiary/aromatic N) is 1. The standard InChI is InChI=1S/C16H23N3O2/c1-11-4-3-5-14(8-11)19(7-6-15(17)20)16(21)12(2)13-9-18-10-13/h3-5,8,12-13,18H,6-7,9-10H2,1-2H3,(H2,17,20). The van der Waals surface area contributed by atoms with E-state index in [4.69, 9.17) is 5.73 Å². The Hall–Kier alpha value is -1.88. The average Bonchev–Trinajstić information content (AvgIpc) is 2.36. The molecule has 0 aliphatic carbocycles. The van der Waals surface area contributed by atoms with E-state index in [1.807, 2.05) is 38.1 Å². The van der Waals surface area contributed by atoms with E-state index in [1.54, 1.807) is 4.90 Å². The van der Waals surface area contributed by atoms with Crippen LogP contribution in [0.4, 0.5) is 5.69 Å². The fourth-order valence-corrected chi connectivity index (χ4v) is 2.50. The number of aryl methyl sites for hydroxylation is 1. The van der Waals surface area contributed by atoms with Crippen molar-refractivity contribution in [2.75, 3.05) is 24.5 Å². The van der Waals surface area contributed by atoms with Crippen LogP contribution in [0.15, 0.2) is 24.3 Å². The summed E-state index contributed by atoms with van der Waals surface area (Å²) in [7, 11) is 0. The van der Waals surface area contributed by atoms with Gasteiger partial charge in [0.25, 0.3) is 0 Å². The summed E-state index contributed by atoms with van der Waals surface area (Å²) in [5, 5.41) is 3.19. The lowest BCUT2D eigenvalue weighted by atomic mass is 9.87. The second-order valence-electron chi connectivity index (χ2n) is 5.75. The molecule has 1 aromatic rings. The van der Waals surface area contributed by atoms with Crippen molar-refractivity contribution in [3.63, 3.8) is 0 Å². The fraction of sp³-hybridized carbons (Fsp3) is 0.500. The highest BCUT2D eigenvalue weighted by molar-refractivity contribution is 5.95. The van der Waals surface area contributed by atoms with Gasteiger partial charge in [-0.1, -0.05) is 19.1 Å². The Morgan fingerprint density at radius 1 is 1.43 bits per heavy atom. The molecule has 1 aromatic carbocycles. The van der Waals surface area contributed by atoms with Gasteiger partial charge in [-0.2, -0.15) is 0 Å². The molecular weight excluding hydrogens is 266 g/mol. The maximum absolute atomic E-state index is 12.7. The highest BCUT2D eigenvalue weighted by Crippen LogP contribution is 2.23. The summed E-state index contributed by atoms with van der Waals surface area (Å²) in [6.07, 6.45) is 0.176. The number of benzene rings is 1. The molecule has 114 valence electrons. The van der Waals surface area contributed by atoms with Crippen molar-refractivity contribution < 1.29 is 9.59 Å². The lowest BCUT2D eigenvalue weighted by molar-refractivity contribution is -0.124. The zero-order valence-corrected chi connectivity index (χ0v) is 12.6. The van der Waals surface area contributed by atoms with Crippen molar-refractivity contribution in [2.45, 2.75) is 20.3 Å². The molecular formula is C16H23N3O2. The molecule has 1 atom stereocenters. The molecule has 3 N–H and O–H groups in total. The number of rotatable bonds is 6. The highest BCUT2D eigenvalue weighted by atomic mass is 16.2. The molecule has 0 bridgehead atoms. The molecule has 1 heterocycles. The molecule has 1 aliphatic heterocycles. The molecule has 1 unspecified atom stereocenters. The number of hydrogen-bond donors (Lipinski definition) is 2. The molecule has 1 fully saturated rings. The maximum atomic E-state index is 12.7. The van der Waals surface area contributed by atoms with E-state index < -0.39 is 5.91 Å². The second-order valence-corrected chi connectivity index (χ2v) is 5.75. The number of carbonyl (C=O) groups excluding carboxylic acids is 2. The average molecular weight is 289 g/mol. The number of amides is 2. The van der Waals surface area contributed by atoms with Gasteiger partial charge in [0.2, 0.25) is 11.8 Å².